The molecule has 0 unspecified atom stereocenters. The highest BCUT2D eigenvalue weighted by Crippen LogP contribution is 2.14. The van der Waals surface area contributed by atoms with Crippen LogP contribution in [0.4, 0.5) is 10.1 Å². The summed E-state index contributed by atoms with van der Waals surface area (Å²) in [7, 11) is 1.55. The molecule has 1 atom stereocenters. The predicted molar refractivity (Wildman–Crippen MR) is 92.7 cm³/mol. The van der Waals surface area contributed by atoms with Gasteiger partial charge in [-0.25, -0.2) is 4.39 Å². The van der Waals surface area contributed by atoms with Gasteiger partial charge in [-0.05, 0) is 48.4 Å². The van der Waals surface area contributed by atoms with Crippen LogP contribution in [0.2, 0.25) is 0 Å². The molecule has 0 bridgehead atoms. The first-order valence-corrected chi connectivity index (χ1v) is 7.69. The van der Waals surface area contributed by atoms with Crippen LogP contribution in [-0.2, 0) is 16.0 Å². The second-order valence-corrected chi connectivity index (χ2v) is 5.43. The maximum Gasteiger partial charge on any atom is 0.243 e. The summed E-state index contributed by atoms with van der Waals surface area (Å²) >= 11 is 0. The molecule has 0 aliphatic carbocycles. The van der Waals surface area contributed by atoms with Crippen molar-refractivity contribution >= 4 is 17.5 Å². The van der Waals surface area contributed by atoms with Crippen LogP contribution < -0.4 is 21.1 Å². The number of nitrogens with two attached hydrogens (primary N) is 1. The van der Waals surface area contributed by atoms with Crippen molar-refractivity contribution in [2.75, 3.05) is 19.0 Å². The summed E-state index contributed by atoms with van der Waals surface area (Å²) in [5.74, 6) is -0.489. The van der Waals surface area contributed by atoms with Crippen molar-refractivity contribution in [3.8, 4) is 5.75 Å². The standard InChI is InChI=1S/C18H20FN3O3/c1-25-15-8-6-14(7-9-15)22-17(23)11-21-18(24)16(20)10-12-2-4-13(19)5-3-12/h2-9,16H,10-11,20H2,1H3,(H,21,24)(H,22,23)/t16-/m0/s1. The second-order valence-electron chi connectivity index (χ2n) is 5.43. The van der Waals surface area contributed by atoms with Gasteiger partial charge in [0.05, 0.1) is 19.7 Å². The van der Waals surface area contributed by atoms with Crippen molar-refractivity contribution in [1.82, 2.24) is 5.32 Å². The summed E-state index contributed by atoms with van der Waals surface area (Å²) < 4.78 is 17.9. The van der Waals surface area contributed by atoms with E-state index in [-0.39, 0.29) is 24.7 Å². The zero-order valence-electron chi connectivity index (χ0n) is 13.8. The largest absolute Gasteiger partial charge is 0.497 e. The minimum atomic E-state index is -0.820. The molecule has 0 fully saturated rings. The molecule has 132 valence electrons. The third-order valence-corrected chi connectivity index (χ3v) is 3.50. The van der Waals surface area contributed by atoms with Crippen LogP contribution in [0.3, 0.4) is 0 Å². The Morgan fingerprint density at radius 3 is 2.36 bits per heavy atom. The summed E-state index contributed by atoms with van der Waals surface area (Å²) in [6.07, 6.45) is 0.256. The predicted octanol–water partition coefficient (Wildman–Crippen LogP) is 1.46. The number of carbonyl (C=O) groups is 2. The molecule has 2 aromatic rings. The third-order valence-electron chi connectivity index (χ3n) is 3.50. The molecule has 0 radical (unpaired) electrons. The van der Waals surface area contributed by atoms with Gasteiger partial charge < -0.3 is 21.1 Å². The van der Waals surface area contributed by atoms with Crippen LogP contribution in [-0.4, -0.2) is 31.5 Å². The fourth-order valence-corrected chi connectivity index (χ4v) is 2.15. The lowest BCUT2D eigenvalue weighted by molar-refractivity contribution is -0.125. The van der Waals surface area contributed by atoms with E-state index in [1.807, 2.05) is 0 Å². The minimum Gasteiger partial charge on any atom is -0.497 e. The van der Waals surface area contributed by atoms with Gasteiger partial charge in [0.1, 0.15) is 11.6 Å². The van der Waals surface area contributed by atoms with Crippen LogP contribution in [0, 0.1) is 5.82 Å². The van der Waals surface area contributed by atoms with Crippen molar-refractivity contribution in [3.63, 3.8) is 0 Å². The molecule has 0 aliphatic rings. The van der Waals surface area contributed by atoms with Crippen LogP contribution >= 0.6 is 0 Å². The Balaban J connectivity index is 1.77. The van der Waals surface area contributed by atoms with Crippen LogP contribution in [0.25, 0.3) is 0 Å². The number of amides is 2. The van der Waals surface area contributed by atoms with Crippen molar-refractivity contribution in [3.05, 3.63) is 59.9 Å². The number of carbonyl (C=O) groups excluding carboxylic acids is 2. The molecule has 7 heteroatoms. The van der Waals surface area contributed by atoms with E-state index in [0.717, 1.165) is 5.56 Å². The molecule has 0 aromatic heterocycles. The third kappa shape index (κ3) is 5.89. The summed E-state index contributed by atoms with van der Waals surface area (Å²) in [5.41, 5.74) is 7.14. The summed E-state index contributed by atoms with van der Waals surface area (Å²) in [5, 5.41) is 5.13. The van der Waals surface area contributed by atoms with Crippen molar-refractivity contribution in [2.24, 2.45) is 5.73 Å². The number of hydrogen-bond acceptors (Lipinski definition) is 4. The Morgan fingerprint density at radius 1 is 1.12 bits per heavy atom. The number of ether oxygens (including phenoxy) is 1. The van der Waals surface area contributed by atoms with E-state index >= 15 is 0 Å². The second kappa shape index (κ2) is 8.79. The smallest absolute Gasteiger partial charge is 0.243 e. The maximum atomic E-state index is 12.9. The van der Waals surface area contributed by atoms with Gasteiger partial charge in [-0.2, -0.15) is 0 Å². The van der Waals surface area contributed by atoms with Gasteiger partial charge in [0.25, 0.3) is 0 Å². The Kier molecular flexibility index (Phi) is 6.47. The van der Waals surface area contributed by atoms with Crippen LogP contribution in [0.5, 0.6) is 5.75 Å². The lowest BCUT2D eigenvalue weighted by Crippen LogP contribution is -2.44. The van der Waals surface area contributed by atoms with Gasteiger partial charge in [-0.1, -0.05) is 12.1 Å². The molecule has 2 aromatic carbocycles. The number of anilines is 1. The van der Waals surface area contributed by atoms with E-state index < -0.39 is 11.9 Å². The van der Waals surface area contributed by atoms with E-state index in [4.69, 9.17) is 10.5 Å². The Bertz CT molecular complexity index is 717. The van der Waals surface area contributed by atoms with Gasteiger partial charge in [0, 0.05) is 5.69 Å². The normalized spacial score (nSPS) is 11.5. The number of rotatable bonds is 7. The highest BCUT2D eigenvalue weighted by molar-refractivity contribution is 5.95. The number of hydrogen-bond donors (Lipinski definition) is 3. The van der Waals surface area contributed by atoms with Crippen molar-refractivity contribution < 1.29 is 18.7 Å². The minimum absolute atomic E-state index is 0.192. The van der Waals surface area contributed by atoms with Crippen LogP contribution in [0.15, 0.2) is 48.5 Å². The Morgan fingerprint density at radius 2 is 1.76 bits per heavy atom. The van der Waals surface area contributed by atoms with E-state index in [0.29, 0.717) is 11.4 Å². The van der Waals surface area contributed by atoms with Crippen molar-refractivity contribution in [1.29, 1.82) is 0 Å². The Hall–Kier alpha value is -2.93. The molecule has 25 heavy (non-hydrogen) atoms. The lowest BCUT2D eigenvalue weighted by atomic mass is 10.1. The average molecular weight is 345 g/mol. The number of benzene rings is 2. The van der Waals surface area contributed by atoms with Gasteiger partial charge in [-0.15, -0.1) is 0 Å². The first kappa shape index (κ1) is 18.4. The summed E-state index contributed by atoms with van der Waals surface area (Å²) in [6.45, 7) is -0.192. The molecule has 0 heterocycles. The fourth-order valence-electron chi connectivity index (χ4n) is 2.15. The topological polar surface area (TPSA) is 93.5 Å². The number of methoxy groups -OCH3 is 1. The lowest BCUT2D eigenvalue weighted by Gasteiger charge is -2.12. The molecular weight excluding hydrogens is 325 g/mol. The quantitative estimate of drug-likeness (QED) is 0.708. The van der Waals surface area contributed by atoms with Gasteiger partial charge >= 0.3 is 0 Å². The van der Waals surface area contributed by atoms with Gasteiger partial charge in [0.15, 0.2) is 0 Å². The van der Waals surface area contributed by atoms with E-state index in [2.05, 4.69) is 10.6 Å². The molecule has 2 rings (SSSR count). The van der Waals surface area contributed by atoms with E-state index in [1.54, 1.807) is 43.5 Å². The molecule has 4 N–H and O–H groups in total. The number of halogens is 1. The van der Waals surface area contributed by atoms with Crippen LogP contribution in [0.1, 0.15) is 5.56 Å². The van der Waals surface area contributed by atoms with Gasteiger partial charge in [0.2, 0.25) is 11.8 Å². The SMILES string of the molecule is COc1ccc(NC(=O)CNC(=O)[C@@H](N)Cc2ccc(F)cc2)cc1. The summed E-state index contributed by atoms with van der Waals surface area (Å²) in [4.78, 5) is 23.8. The maximum absolute atomic E-state index is 12.9. The molecular formula is C18H20FN3O3. The monoisotopic (exact) mass is 345 g/mol. The van der Waals surface area contributed by atoms with E-state index in [9.17, 15) is 14.0 Å². The average Bonchev–Trinajstić information content (AvgIpc) is 2.62. The molecule has 2 amide bonds. The molecule has 0 spiro atoms. The summed E-state index contributed by atoms with van der Waals surface area (Å²) in [6, 6.07) is 11.7. The molecule has 0 aliphatic heterocycles. The first-order chi connectivity index (χ1) is 12.0. The molecule has 0 saturated heterocycles. The van der Waals surface area contributed by atoms with E-state index in [1.165, 1.54) is 12.1 Å². The van der Waals surface area contributed by atoms with Gasteiger partial charge in [-0.3, -0.25) is 9.59 Å². The highest BCUT2D eigenvalue weighted by atomic mass is 19.1. The first-order valence-electron chi connectivity index (χ1n) is 7.69. The van der Waals surface area contributed by atoms with Crippen molar-refractivity contribution in [2.45, 2.75) is 12.5 Å². The highest BCUT2D eigenvalue weighted by Gasteiger charge is 2.15. The zero-order chi connectivity index (χ0) is 18.2. The Labute approximate surface area is 145 Å². The molecule has 0 saturated carbocycles. The fraction of sp³-hybridized carbons (Fsp3) is 0.222. The number of nitrogens with one attached hydrogen (secondary N) is 2. The zero-order valence-corrected chi connectivity index (χ0v) is 13.8. The molecule has 6 nitrogen and oxygen atoms in total.